The van der Waals surface area contributed by atoms with Crippen LogP contribution in [0, 0.1) is 50.2 Å². The fourth-order valence-corrected chi connectivity index (χ4v) is 14.0. The molecular weight excluding hydrogens is 750 g/mol. The van der Waals surface area contributed by atoms with Crippen molar-refractivity contribution in [2.75, 3.05) is 13.2 Å². The number of allylic oxidation sites excluding steroid dienone is 2. The van der Waals surface area contributed by atoms with Crippen molar-refractivity contribution < 1.29 is 64.3 Å². The second-order valence-electron chi connectivity index (χ2n) is 21.4. The maximum absolute atomic E-state index is 13.1. The van der Waals surface area contributed by atoms with Crippen LogP contribution in [-0.4, -0.2) is 128 Å². The predicted octanol–water partition coefficient (Wildman–Crippen LogP) is 3.03. The van der Waals surface area contributed by atoms with Crippen LogP contribution in [0.5, 0.6) is 0 Å². The molecule has 0 aromatic rings. The SMILES string of the molecule is CC(=O)N[C@H]1[C@H](O[C@H]2CC[C@@]3(C)[C@H](CC[C@]4(C)[C@H]3CC=C3[C@@H]5CC(C)(C)CC[C@]5(C(=O)O)CC[C@]34C)C2(C)C)O[C@H](CO[C@@H]2O[C@H](CO)[C@@H](O)[C@H](O)[C@H]2O)[C@@H](O)[C@@H]1O. The van der Waals surface area contributed by atoms with Crippen molar-refractivity contribution in [3.8, 4) is 0 Å². The van der Waals surface area contributed by atoms with Gasteiger partial charge in [0.25, 0.3) is 0 Å². The molecule has 2 heterocycles. The van der Waals surface area contributed by atoms with Gasteiger partial charge in [-0.3, -0.25) is 9.59 Å². The Morgan fingerprint density at radius 1 is 0.793 bits per heavy atom. The summed E-state index contributed by atoms with van der Waals surface area (Å²) in [6, 6.07) is -1.11. The number of aliphatic carboxylic acids is 1. The van der Waals surface area contributed by atoms with Gasteiger partial charge < -0.3 is 60.0 Å². The fraction of sp³-hybridized carbons (Fsp3) is 0.909. The van der Waals surface area contributed by atoms with Crippen LogP contribution in [0.2, 0.25) is 0 Å². The van der Waals surface area contributed by atoms with E-state index in [-0.39, 0.29) is 45.0 Å². The highest BCUT2D eigenvalue weighted by Crippen LogP contribution is 2.76. The third-order valence-electron chi connectivity index (χ3n) is 17.6. The molecule has 0 aromatic carbocycles. The Morgan fingerprint density at radius 3 is 2.10 bits per heavy atom. The molecule has 330 valence electrons. The Kier molecular flexibility index (Phi) is 11.7. The van der Waals surface area contributed by atoms with Gasteiger partial charge in [0.05, 0.1) is 24.7 Å². The minimum absolute atomic E-state index is 0.0181. The van der Waals surface area contributed by atoms with E-state index in [2.05, 4.69) is 59.9 Å². The molecule has 14 heteroatoms. The van der Waals surface area contributed by atoms with Crippen LogP contribution in [0.3, 0.4) is 0 Å². The molecular formula is C44H71NO13. The number of amides is 1. The highest BCUT2D eigenvalue weighted by Gasteiger charge is 2.69. The largest absolute Gasteiger partial charge is 0.481 e. The molecule has 8 N–H and O–H groups in total. The summed E-state index contributed by atoms with van der Waals surface area (Å²) in [4.78, 5) is 25.5. The topological polar surface area (TPSA) is 225 Å². The molecule has 6 fully saturated rings. The lowest BCUT2D eigenvalue weighted by Gasteiger charge is -2.71. The van der Waals surface area contributed by atoms with Gasteiger partial charge in [0.1, 0.15) is 48.8 Å². The van der Waals surface area contributed by atoms with Gasteiger partial charge in [0, 0.05) is 6.92 Å². The molecule has 7 aliphatic rings. The summed E-state index contributed by atoms with van der Waals surface area (Å²) in [5.74, 6) is -0.389. The number of aliphatic hydroxyl groups excluding tert-OH is 6. The number of carboxylic acid groups (broad SMARTS) is 1. The zero-order valence-corrected chi connectivity index (χ0v) is 35.7. The number of rotatable bonds is 8. The second kappa shape index (κ2) is 15.3. The number of carbonyl (C=O) groups excluding carboxylic acids is 1. The molecule has 5 aliphatic carbocycles. The monoisotopic (exact) mass is 821 g/mol. The molecule has 1 amide bonds. The van der Waals surface area contributed by atoms with Gasteiger partial charge in [-0.05, 0) is 109 Å². The van der Waals surface area contributed by atoms with Gasteiger partial charge in [-0.25, -0.2) is 0 Å². The third kappa shape index (κ3) is 6.82. The van der Waals surface area contributed by atoms with E-state index in [1.165, 1.54) is 12.5 Å². The maximum atomic E-state index is 13.1. The third-order valence-corrected chi connectivity index (χ3v) is 17.6. The minimum Gasteiger partial charge on any atom is -0.481 e. The summed E-state index contributed by atoms with van der Waals surface area (Å²) in [6.45, 7) is 16.7. The van der Waals surface area contributed by atoms with E-state index in [0.717, 1.165) is 51.4 Å². The van der Waals surface area contributed by atoms with Crippen molar-refractivity contribution in [1.29, 1.82) is 0 Å². The Morgan fingerprint density at radius 2 is 1.45 bits per heavy atom. The Labute approximate surface area is 343 Å². The Bertz CT molecular complexity index is 1600. The lowest BCUT2D eigenvalue weighted by atomic mass is 9.33. The first-order valence-corrected chi connectivity index (χ1v) is 21.8. The fourth-order valence-electron chi connectivity index (χ4n) is 14.0. The lowest BCUT2D eigenvalue weighted by Crippen LogP contribution is -2.67. The summed E-state index contributed by atoms with van der Waals surface area (Å²) in [6.07, 6.45) is -2.20. The van der Waals surface area contributed by atoms with Gasteiger partial charge >= 0.3 is 5.97 Å². The number of carbonyl (C=O) groups is 2. The molecule has 0 aromatic heterocycles. The van der Waals surface area contributed by atoms with Crippen LogP contribution >= 0.6 is 0 Å². The van der Waals surface area contributed by atoms with E-state index in [1.54, 1.807) is 0 Å². The van der Waals surface area contributed by atoms with Crippen LogP contribution in [0.1, 0.15) is 120 Å². The zero-order chi connectivity index (χ0) is 42.5. The van der Waals surface area contributed by atoms with Gasteiger partial charge in [0.15, 0.2) is 12.6 Å². The van der Waals surface area contributed by atoms with E-state index >= 15 is 0 Å². The van der Waals surface area contributed by atoms with Crippen LogP contribution in [0.15, 0.2) is 11.6 Å². The van der Waals surface area contributed by atoms with Gasteiger partial charge in [-0.1, -0.05) is 60.1 Å². The minimum atomic E-state index is -1.66. The molecule has 58 heavy (non-hydrogen) atoms. The molecule has 7 rings (SSSR count). The molecule has 0 radical (unpaired) electrons. The van der Waals surface area contributed by atoms with Crippen LogP contribution in [-0.2, 0) is 28.5 Å². The van der Waals surface area contributed by atoms with Crippen molar-refractivity contribution in [2.45, 2.75) is 187 Å². The molecule has 0 bridgehead atoms. The molecule has 2 aliphatic heterocycles. The summed E-state index contributed by atoms with van der Waals surface area (Å²) in [5.41, 5.74) is 0.267. The number of fused-ring (bicyclic) bond motifs is 7. The van der Waals surface area contributed by atoms with Gasteiger partial charge in [-0.15, -0.1) is 0 Å². The lowest BCUT2D eigenvalue weighted by molar-refractivity contribution is -0.331. The summed E-state index contributed by atoms with van der Waals surface area (Å²) in [7, 11) is 0. The number of aliphatic hydroxyl groups is 6. The summed E-state index contributed by atoms with van der Waals surface area (Å²) < 4.78 is 24.3. The number of hydrogen-bond donors (Lipinski definition) is 8. The first-order chi connectivity index (χ1) is 27.0. The van der Waals surface area contributed by atoms with Crippen LogP contribution in [0.4, 0.5) is 0 Å². The normalized spacial score (nSPS) is 50.9. The van der Waals surface area contributed by atoms with E-state index in [9.17, 15) is 45.3 Å². The molecule has 0 unspecified atom stereocenters. The van der Waals surface area contributed by atoms with Gasteiger partial charge in [0.2, 0.25) is 5.91 Å². The second-order valence-corrected chi connectivity index (χ2v) is 21.4. The zero-order valence-electron chi connectivity index (χ0n) is 35.7. The van der Waals surface area contributed by atoms with Crippen molar-refractivity contribution in [3.05, 3.63) is 11.6 Å². The van der Waals surface area contributed by atoms with Crippen LogP contribution < -0.4 is 5.32 Å². The Balaban J connectivity index is 1.11. The average molecular weight is 822 g/mol. The smallest absolute Gasteiger partial charge is 0.310 e. The van der Waals surface area contributed by atoms with E-state index in [0.29, 0.717) is 18.8 Å². The number of nitrogens with one attached hydrogen (secondary N) is 1. The van der Waals surface area contributed by atoms with Crippen molar-refractivity contribution in [1.82, 2.24) is 5.32 Å². The van der Waals surface area contributed by atoms with E-state index < -0.39 is 91.9 Å². The van der Waals surface area contributed by atoms with Crippen molar-refractivity contribution in [3.63, 3.8) is 0 Å². The van der Waals surface area contributed by atoms with Crippen LogP contribution in [0.25, 0.3) is 0 Å². The molecule has 18 atom stereocenters. The standard InChI is InChI=1S/C44H71NO13/c1-22(47)45-30-33(50)32(49)26(21-55-37-35(52)34(51)31(48)25(20-46)56-37)57-36(30)58-29-12-13-41(6)27(40(29,4)5)11-14-43(8)28(41)10-9-23-24-19-39(2,3)15-17-44(24,38(53)54)18-16-42(23,43)7/h9,24-37,46,48-52H,10-21H2,1-8H3,(H,45,47)(H,53,54)/t24-,25+,26+,27+,28-,29-,30+,31+,32+,33+,34-,35+,36-,37+,41-,42+,43+,44-/m0/s1. The van der Waals surface area contributed by atoms with E-state index in [4.69, 9.17) is 18.9 Å². The Hall–Kier alpha value is -1.72. The first kappa shape index (κ1) is 44.3. The number of ether oxygens (including phenoxy) is 4. The highest BCUT2D eigenvalue weighted by atomic mass is 16.7. The van der Waals surface area contributed by atoms with Gasteiger partial charge in [-0.2, -0.15) is 0 Å². The maximum Gasteiger partial charge on any atom is 0.310 e. The summed E-state index contributed by atoms with van der Waals surface area (Å²) >= 11 is 0. The predicted molar refractivity (Wildman–Crippen MR) is 210 cm³/mol. The quantitative estimate of drug-likeness (QED) is 0.130. The molecule has 14 nitrogen and oxygen atoms in total. The number of carboxylic acids is 1. The highest BCUT2D eigenvalue weighted by molar-refractivity contribution is 5.76. The van der Waals surface area contributed by atoms with Crippen molar-refractivity contribution >= 4 is 11.9 Å². The summed E-state index contributed by atoms with van der Waals surface area (Å²) in [5, 5.41) is 76.6. The first-order valence-electron chi connectivity index (χ1n) is 21.8. The molecule has 0 spiro atoms. The molecule has 2 saturated heterocycles. The average Bonchev–Trinajstić information content (AvgIpc) is 3.14. The van der Waals surface area contributed by atoms with Crippen molar-refractivity contribution in [2.24, 2.45) is 50.2 Å². The molecule has 4 saturated carbocycles. The van der Waals surface area contributed by atoms with E-state index in [1.807, 2.05) is 0 Å². The number of hydrogen-bond acceptors (Lipinski definition) is 12.